The van der Waals surface area contributed by atoms with E-state index < -0.39 is 0 Å². The summed E-state index contributed by atoms with van der Waals surface area (Å²) in [6.45, 7) is 0. The van der Waals surface area contributed by atoms with E-state index in [0.717, 1.165) is 20.8 Å². The minimum atomic E-state index is -0.277. The van der Waals surface area contributed by atoms with E-state index in [1.165, 1.54) is 23.9 Å². The van der Waals surface area contributed by atoms with Crippen LogP contribution in [0.5, 0.6) is 0 Å². The molecule has 0 aliphatic carbocycles. The van der Waals surface area contributed by atoms with Crippen LogP contribution in [0.15, 0.2) is 52.9 Å². The molecular formula is C15H11FN2OS2. The van der Waals surface area contributed by atoms with Gasteiger partial charge in [0, 0.05) is 10.6 Å². The standard InChI is InChI=1S/C15H11FN2OS2/c16-10-1-4-12(5-2-10)20-8-15(19)18-11-3-6-14-13(7-11)17-9-21-14/h1-7,9H,8H2,(H,18,19). The summed E-state index contributed by atoms with van der Waals surface area (Å²) in [5.41, 5.74) is 3.39. The molecule has 0 saturated carbocycles. The van der Waals surface area contributed by atoms with Gasteiger partial charge in [0.05, 0.1) is 21.5 Å². The molecule has 3 aromatic rings. The van der Waals surface area contributed by atoms with Crippen molar-refractivity contribution < 1.29 is 9.18 Å². The third-order valence-electron chi connectivity index (χ3n) is 2.80. The molecule has 0 fully saturated rings. The molecule has 106 valence electrons. The number of thioether (sulfide) groups is 1. The number of nitrogens with zero attached hydrogens (tertiary/aromatic N) is 1. The van der Waals surface area contributed by atoms with Crippen molar-refractivity contribution in [3.63, 3.8) is 0 Å². The highest BCUT2D eigenvalue weighted by Crippen LogP contribution is 2.22. The van der Waals surface area contributed by atoms with E-state index in [1.807, 2.05) is 18.2 Å². The van der Waals surface area contributed by atoms with Gasteiger partial charge in [-0.15, -0.1) is 23.1 Å². The Hall–Kier alpha value is -1.92. The molecule has 0 atom stereocenters. The quantitative estimate of drug-likeness (QED) is 0.734. The molecule has 0 bridgehead atoms. The van der Waals surface area contributed by atoms with Crippen molar-refractivity contribution >= 4 is 44.9 Å². The number of carbonyl (C=O) groups is 1. The number of nitrogens with one attached hydrogen (secondary N) is 1. The predicted octanol–water partition coefficient (Wildman–Crippen LogP) is 4.17. The Morgan fingerprint density at radius 1 is 1.24 bits per heavy atom. The number of anilines is 1. The van der Waals surface area contributed by atoms with Gasteiger partial charge >= 0.3 is 0 Å². The van der Waals surface area contributed by atoms with Crippen molar-refractivity contribution in [3.8, 4) is 0 Å². The monoisotopic (exact) mass is 318 g/mol. The lowest BCUT2D eigenvalue weighted by Gasteiger charge is -2.05. The Labute approximate surface area is 129 Å². The zero-order valence-corrected chi connectivity index (χ0v) is 12.5. The SMILES string of the molecule is O=C(CSc1ccc(F)cc1)Nc1ccc2scnc2c1. The van der Waals surface area contributed by atoms with Crippen LogP contribution in [0.3, 0.4) is 0 Å². The molecule has 0 saturated heterocycles. The molecule has 21 heavy (non-hydrogen) atoms. The van der Waals surface area contributed by atoms with E-state index in [0.29, 0.717) is 0 Å². The molecule has 1 N–H and O–H groups in total. The number of carbonyl (C=O) groups excluding carboxylic acids is 1. The number of benzene rings is 2. The molecule has 0 radical (unpaired) electrons. The average molecular weight is 318 g/mol. The summed E-state index contributed by atoms with van der Waals surface area (Å²) >= 11 is 2.93. The number of hydrogen-bond acceptors (Lipinski definition) is 4. The number of thiazole rings is 1. The van der Waals surface area contributed by atoms with Crippen molar-refractivity contribution in [1.82, 2.24) is 4.98 Å². The van der Waals surface area contributed by atoms with Crippen LogP contribution in [0.25, 0.3) is 10.2 Å². The lowest BCUT2D eigenvalue weighted by atomic mass is 10.3. The summed E-state index contributed by atoms with van der Waals surface area (Å²) < 4.78 is 13.9. The van der Waals surface area contributed by atoms with Gasteiger partial charge in [0.25, 0.3) is 0 Å². The van der Waals surface area contributed by atoms with Crippen molar-refractivity contribution in [2.75, 3.05) is 11.1 Å². The average Bonchev–Trinajstić information content (AvgIpc) is 2.94. The zero-order chi connectivity index (χ0) is 14.7. The van der Waals surface area contributed by atoms with Crippen molar-refractivity contribution in [2.24, 2.45) is 0 Å². The smallest absolute Gasteiger partial charge is 0.234 e. The topological polar surface area (TPSA) is 42.0 Å². The van der Waals surface area contributed by atoms with Crippen molar-refractivity contribution in [1.29, 1.82) is 0 Å². The molecule has 0 spiro atoms. The van der Waals surface area contributed by atoms with E-state index in [1.54, 1.807) is 29.0 Å². The van der Waals surface area contributed by atoms with Gasteiger partial charge in [-0.25, -0.2) is 9.37 Å². The summed E-state index contributed by atoms with van der Waals surface area (Å²) in [6.07, 6.45) is 0. The van der Waals surface area contributed by atoms with E-state index in [-0.39, 0.29) is 17.5 Å². The van der Waals surface area contributed by atoms with Crippen molar-refractivity contribution in [2.45, 2.75) is 4.90 Å². The minimum absolute atomic E-state index is 0.0982. The van der Waals surface area contributed by atoms with Crippen LogP contribution >= 0.6 is 23.1 Å². The lowest BCUT2D eigenvalue weighted by Crippen LogP contribution is -2.13. The molecule has 1 amide bonds. The van der Waals surface area contributed by atoms with Gasteiger partial charge in [-0.2, -0.15) is 0 Å². The fourth-order valence-electron chi connectivity index (χ4n) is 1.81. The molecule has 0 aliphatic heterocycles. The van der Waals surface area contributed by atoms with Gasteiger partial charge < -0.3 is 5.32 Å². The fraction of sp³-hybridized carbons (Fsp3) is 0.0667. The first-order valence-electron chi connectivity index (χ1n) is 6.22. The highest BCUT2D eigenvalue weighted by Gasteiger charge is 2.05. The zero-order valence-electron chi connectivity index (χ0n) is 10.9. The number of hydrogen-bond donors (Lipinski definition) is 1. The minimum Gasteiger partial charge on any atom is -0.325 e. The van der Waals surface area contributed by atoms with Gasteiger partial charge in [-0.3, -0.25) is 4.79 Å². The molecule has 2 aromatic carbocycles. The molecular weight excluding hydrogens is 307 g/mol. The van der Waals surface area contributed by atoms with Crippen LogP contribution in [0.4, 0.5) is 10.1 Å². The second kappa shape index (κ2) is 6.24. The second-order valence-electron chi connectivity index (χ2n) is 4.33. The number of amides is 1. The first kappa shape index (κ1) is 14.0. The van der Waals surface area contributed by atoms with E-state index >= 15 is 0 Å². The number of fused-ring (bicyclic) bond motifs is 1. The summed E-state index contributed by atoms with van der Waals surface area (Å²) in [4.78, 5) is 17.0. The van der Waals surface area contributed by atoms with Gasteiger partial charge in [0.1, 0.15) is 5.82 Å². The maximum absolute atomic E-state index is 12.8. The second-order valence-corrected chi connectivity index (χ2v) is 6.26. The Morgan fingerprint density at radius 2 is 2.05 bits per heavy atom. The third kappa shape index (κ3) is 3.59. The van der Waals surface area contributed by atoms with E-state index in [9.17, 15) is 9.18 Å². The highest BCUT2D eigenvalue weighted by atomic mass is 32.2. The van der Waals surface area contributed by atoms with Crippen LogP contribution in [0, 0.1) is 5.82 Å². The van der Waals surface area contributed by atoms with Crippen molar-refractivity contribution in [3.05, 3.63) is 53.8 Å². The summed E-state index contributed by atoms with van der Waals surface area (Å²) in [5, 5.41) is 2.84. The fourth-order valence-corrected chi connectivity index (χ4v) is 3.17. The Kier molecular flexibility index (Phi) is 4.17. The molecule has 3 rings (SSSR count). The normalized spacial score (nSPS) is 10.7. The van der Waals surface area contributed by atoms with Gasteiger partial charge in [0.2, 0.25) is 5.91 Å². The Morgan fingerprint density at radius 3 is 2.86 bits per heavy atom. The van der Waals surface area contributed by atoms with Gasteiger partial charge in [-0.1, -0.05) is 0 Å². The van der Waals surface area contributed by atoms with E-state index in [2.05, 4.69) is 10.3 Å². The first-order chi connectivity index (χ1) is 10.2. The summed E-state index contributed by atoms with van der Waals surface area (Å²) in [6, 6.07) is 11.7. The Balaban J connectivity index is 1.59. The summed E-state index contributed by atoms with van der Waals surface area (Å²) in [7, 11) is 0. The number of rotatable bonds is 4. The van der Waals surface area contributed by atoms with Gasteiger partial charge in [-0.05, 0) is 42.5 Å². The van der Waals surface area contributed by atoms with Crippen LogP contribution in [0.2, 0.25) is 0 Å². The maximum Gasteiger partial charge on any atom is 0.234 e. The van der Waals surface area contributed by atoms with Crippen LogP contribution < -0.4 is 5.32 Å². The third-order valence-corrected chi connectivity index (χ3v) is 4.62. The van der Waals surface area contributed by atoms with Crippen LogP contribution in [-0.2, 0) is 4.79 Å². The molecule has 1 aromatic heterocycles. The number of halogens is 1. The highest BCUT2D eigenvalue weighted by molar-refractivity contribution is 8.00. The Bertz CT molecular complexity index is 771. The molecule has 3 nitrogen and oxygen atoms in total. The summed E-state index contributed by atoms with van der Waals surface area (Å²) in [5.74, 6) is -0.0972. The molecule has 0 aliphatic rings. The van der Waals surface area contributed by atoms with Crippen LogP contribution in [-0.4, -0.2) is 16.6 Å². The lowest BCUT2D eigenvalue weighted by molar-refractivity contribution is -0.113. The molecule has 1 heterocycles. The number of aromatic nitrogens is 1. The maximum atomic E-state index is 12.8. The van der Waals surface area contributed by atoms with Gasteiger partial charge in [0.15, 0.2) is 0 Å². The van der Waals surface area contributed by atoms with Crippen LogP contribution in [0.1, 0.15) is 0 Å². The predicted molar refractivity (Wildman–Crippen MR) is 85.4 cm³/mol. The van der Waals surface area contributed by atoms with E-state index in [4.69, 9.17) is 0 Å². The largest absolute Gasteiger partial charge is 0.325 e. The molecule has 0 unspecified atom stereocenters. The molecule has 6 heteroatoms. The first-order valence-corrected chi connectivity index (χ1v) is 8.09.